The topological polar surface area (TPSA) is 38.3 Å². The SMILES string of the molecule is CCOC(=O)C(NCC1CC1)C1CCC1. The summed E-state index contributed by atoms with van der Waals surface area (Å²) in [5, 5.41) is 3.39. The van der Waals surface area contributed by atoms with Crippen LogP contribution in [-0.2, 0) is 9.53 Å². The van der Waals surface area contributed by atoms with Crippen molar-refractivity contribution >= 4 is 5.97 Å². The first-order chi connectivity index (χ1) is 7.31. The van der Waals surface area contributed by atoms with E-state index in [4.69, 9.17) is 4.74 Å². The third kappa shape index (κ3) is 2.94. The number of carbonyl (C=O) groups excluding carboxylic acids is 1. The number of nitrogens with one attached hydrogen (secondary N) is 1. The van der Waals surface area contributed by atoms with Crippen LogP contribution in [0.3, 0.4) is 0 Å². The number of hydrogen-bond donors (Lipinski definition) is 1. The average molecular weight is 211 g/mol. The lowest BCUT2D eigenvalue weighted by Gasteiger charge is -2.32. The molecule has 0 saturated heterocycles. The predicted molar refractivity (Wildman–Crippen MR) is 58.5 cm³/mol. The molecule has 0 bridgehead atoms. The van der Waals surface area contributed by atoms with Gasteiger partial charge in [0.25, 0.3) is 0 Å². The molecule has 2 aliphatic rings. The third-order valence-electron chi connectivity index (χ3n) is 3.49. The van der Waals surface area contributed by atoms with Crippen LogP contribution in [0, 0.1) is 11.8 Å². The molecule has 1 N–H and O–H groups in total. The maximum atomic E-state index is 11.7. The highest BCUT2D eigenvalue weighted by Crippen LogP contribution is 2.32. The second kappa shape index (κ2) is 4.97. The number of rotatable bonds is 6. The number of ether oxygens (including phenoxy) is 1. The van der Waals surface area contributed by atoms with Crippen LogP contribution in [0.5, 0.6) is 0 Å². The molecule has 0 heterocycles. The third-order valence-corrected chi connectivity index (χ3v) is 3.49. The van der Waals surface area contributed by atoms with Gasteiger partial charge in [-0.25, -0.2) is 0 Å². The molecule has 2 fully saturated rings. The highest BCUT2D eigenvalue weighted by Gasteiger charge is 2.34. The molecular formula is C12H21NO2. The summed E-state index contributed by atoms with van der Waals surface area (Å²) in [6.45, 7) is 3.36. The van der Waals surface area contributed by atoms with Crippen molar-refractivity contribution in [2.24, 2.45) is 11.8 Å². The lowest BCUT2D eigenvalue weighted by atomic mass is 9.79. The van der Waals surface area contributed by atoms with Crippen molar-refractivity contribution in [1.29, 1.82) is 0 Å². The predicted octanol–water partition coefficient (Wildman–Crippen LogP) is 1.72. The molecule has 86 valence electrons. The molecule has 2 rings (SSSR count). The van der Waals surface area contributed by atoms with Crippen LogP contribution in [0.2, 0.25) is 0 Å². The first kappa shape index (κ1) is 10.9. The van der Waals surface area contributed by atoms with Gasteiger partial charge >= 0.3 is 5.97 Å². The van der Waals surface area contributed by atoms with E-state index in [1.54, 1.807) is 0 Å². The van der Waals surface area contributed by atoms with Gasteiger partial charge in [0.05, 0.1) is 6.61 Å². The quantitative estimate of drug-likeness (QED) is 0.680. The fourth-order valence-corrected chi connectivity index (χ4v) is 2.06. The summed E-state index contributed by atoms with van der Waals surface area (Å²) in [5.74, 6) is 1.31. The molecule has 0 aromatic heterocycles. The summed E-state index contributed by atoms with van der Waals surface area (Å²) < 4.78 is 5.11. The van der Waals surface area contributed by atoms with E-state index in [1.165, 1.54) is 32.1 Å². The highest BCUT2D eigenvalue weighted by atomic mass is 16.5. The first-order valence-electron chi connectivity index (χ1n) is 6.21. The first-order valence-corrected chi connectivity index (χ1v) is 6.21. The van der Waals surface area contributed by atoms with Crippen LogP contribution < -0.4 is 5.32 Å². The molecule has 15 heavy (non-hydrogen) atoms. The van der Waals surface area contributed by atoms with Crippen molar-refractivity contribution in [1.82, 2.24) is 5.32 Å². The summed E-state index contributed by atoms with van der Waals surface area (Å²) in [4.78, 5) is 11.7. The van der Waals surface area contributed by atoms with Gasteiger partial charge < -0.3 is 10.1 Å². The van der Waals surface area contributed by atoms with Crippen molar-refractivity contribution in [3.05, 3.63) is 0 Å². The highest BCUT2D eigenvalue weighted by molar-refractivity contribution is 5.76. The fraction of sp³-hybridized carbons (Fsp3) is 0.917. The summed E-state index contributed by atoms with van der Waals surface area (Å²) in [6.07, 6.45) is 6.29. The van der Waals surface area contributed by atoms with Crippen LogP contribution in [-0.4, -0.2) is 25.2 Å². The minimum atomic E-state index is -0.0390. The van der Waals surface area contributed by atoms with E-state index in [-0.39, 0.29) is 12.0 Å². The van der Waals surface area contributed by atoms with Gasteiger partial charge in [-0.2, -0.15) is 0 Å². The van der Waals surface area contributed by atoms with Crippen LogP contribution in [0.25, 0.3) is 0 Å². The van der Waals surface area contributed by atoms with Crippen LogP contribution in [0.4, 0.5) is 0 Å². The molecule has 3 heteroatoms. The molecule has 0 radical (unpaired) electrons. The van der Waals surface area contributed by atoms with Gasteiger partial charge in [-0.15, -0.1) is 0 Å². The number of carbonyl (C=O) groups is 1. The lowest BCUT2D eigenvalue weighted by Crippen LogP contribution is -2.47. The van der Waals surface area contributed by atoms with Crippen LogP contribution in [0.15, 0.2) is 0 Å². The van der Waals surface area contributed by atoms with E-state index >= 15 is 0 Å². The average Bonchev–Trinajstić information content (AvgIpc) is 2.92. The van der Waals surface area contributed by atoms with Gasteiger partial charge in [0.1, 0.15) is 6.04 Å². The summed E-state index contributed by atoms with van der Waals surface area (Å²) in [5.41, 5.74) is 0. The maximum Gasteiger partial charge on any atom is 0.323 e. The van der Waals surface area contributed by atoms with Crippen molar-refractivity contribution in [3.63, 3.8) is 0 Å². The maximum absolute atomic E-state index is 11.7. The van der Waals surface area contributed by atoms with E-state index in [9.17, 15) is 4.79 Å². The Kier molecular flexibility index (Phi) is 3.62. The van der Waals surface area contributed by atoms with E-state index in [1.807, 2.05) is 6.92 Å². The summed E-state index contributed by atoms with van der Waals surface area (Å²) in [7, 11) is 0. The Balaban J connectivity index is 1.79. The Morgan fingerprint density at radius 1 is 1.40 bits per heavy atom. The Bertz CT molecular complexity index is 222. The molecule has 2 aliphatic carbocycles. The zero-order valence-corrected chi connectivity index (χ0v) is 9.50. The molecule has 2 saturated carbocycles. The summed E-state index contributed by atoms with van der Waals surface area (Å²) >= 11 is 0. The Morgan fingerprint density at radius 2 is 2.13 bits per heavy atom. The Hall–Kier alpha value is -0.570. The minimum Gasteiger partial charge on any atom is -0.465 e. The second-order valence-electron chi connectivity index (χ2n) is 4.77. The monoisotopic (exact) mass is 211 g/mol. The molecule has 0 aromatic rings. The second-order valence-corrected chi connectivity index (χ2v) is 4.77. The van der Waals surface area contributed by atoms with Gasteiger partial charge in [-0.05, 0) is 51.0 Å². The molecule has 1 atom stereocenters. The number of hydrogen-bond acceptors (Lipinski definition) is 3. The van der Waals surface area contributed by atoms with Gasteiger partial charge in [0.2, 0.25) is 0 Å². The Labute approximate surface area is 91.6 Å². The van der Waals surface area contributed by atoms with Gasteiger partial charge in [0.15, 0.2) is 0 Å². The Morgan fingerprint density at radius 3 is 2.60 bits per heavy atom. The van der Waals surface area contributed by atoms with Gasteiger partial charge in [0, 0.05) is 0 Å². The molecule has 0 aliphatic heterocycles. The number of esters is 1. The molecule has 0 spiro atoms. The van der Waals surface area contributed by atoms with Crippen LogP contribution in [0.1, 0.15) is 39.0 Å². The molecule has 0 amide bonds. The van der Waals surface area contributed by atoms with Crippen LogP contribution >= 0.6 is 0 Å². The van der Waals surface area contributed by atoms with Gasteiger partial charge in [-0.1, -0.05) is 6.42 Å². The van der Waals surface area contributed by atoms with E-state index in [2.05, 4.69) is 5.32 Å². The standard InChI is InChI=1S/C12H21NO2/c1-2-15-12(14)11(10-4-3-5-10)13-8-9-6-7-9/h9-11,13H,2-8H2,1H3. The molecule has 3 nitrogen and oxygen atoms in total. The van der Waals surface area contributed by atoms with Gasteiger partial charge in [-0.3, -0.25) is 4.79 Å². The fourth-order valence-electron chi connectivity index (χ4n) is 2.06. The zero-order chi connectivity index (χ0) is 10.7. The molecule has 1 unspecified atom stereocenters. The molecule has 0 aromatic carbocycles. The van der Waals surface area contributed by atoms with Crippen molar-refractivity contribution in [3.8, 4) is 0 Å². The largest absolute Gasteiger partial charge is 0.465 e. The molecular weight excluding hydrogens is 190 g/mol. The van der Waals surface area contributed by atoms with Crippen molar-refractivity contribution < 1.29 is 9.53 Å². The van der Waals surface area contributed by atoms with Crippen molar-refractivity contribution in [2.75, 3.05) is 13.2 Å². The normalized spacial score (nSPS) is 23.3. The lowest BCUT2D eigenvalue weighted by molar-refractivity contribution is -0.148. The van der Waals surface area contributed by atoms with E-state index in [0.717, 1.165) is 12.5 Å². The minimum absolute atomic E-state index is 0.0284. The van der Waals surface area contributed by atoms with Crippen molar-refractivity contribution in [2.45, 2.75) is 45.1 Å². The summed E-state index contributed by atoms with van der Waals surface area (Å²) in [6, 6.07) is -0.0284. The van der Waals surface area contributed by atoms with E-state index < -0.39 is 0 Å². The smallest absolute Gasteiger partial charge is 0.323 e. The zero-order valence-electron chi connectivity index (χ0n) is 9.50. The van der Waals surface area contributed by atoms with E-state index in [0.29, 0.717) is 12.5 Å².